The second-order valence-electron chi connectivity index (χ2n) is 6.11. The van der Waals surface area contributed by atoms with E-state index >= 15 is 0 Å². The molecule has 0 aromatic rings. The van der Waals surface area contributed by atoms with Crippen LogP contribution in [0.25, 0.3) is 0 Å². The number of rotatable bonds is 7. The molecule has 2 fully saturated rings. The van der Waals surface area contributed by atoms with Gasteiger partial charge in [-0.1, -0.05) is 19.3 Å². The summed E-state index contributed by atoms with van der Waals surface area (Å²) in [5, 5.41) is 0. The summed E-state index contributed by atoms with van der Waals surface area (Å²) in [6.07, 6.45) is 11.9. The van der Waals surface area contributed by atoms with Crippen molar-refractivity contribution in [3.8, 4) is 0 Å². The fourth-order valence-electron chi connectivity index (χ4n) is 3.03. The average molecular weight is 284 g/mol. The van der Waals surface area contributed by atoms with Crippen molar-refractivity contribution in [1.29, 1.82) is 0 Å². The first kappa shape index (κ1) is 15.2. The van der Waals surface area contributed by atoms with Gasteiger partial charge < -0.3 is 10.6 Å². The number of carbonyl (C=O) groups is 1. The first-order valence-corrected chi connectivity index (χ1v) is 9.16. The molecule has 3 nitrogen and oxygen atoms in total. The number of nitrogens with zero attached hydrogens (tertiary/aromatic N) is 1. The zero-order valence-electron chi connectivity index (χ0n) is 12.1. The molecule has 2 rings (SSSR count). The summed E-state index contributed by atoms with van der Waals surface area (Å²) in [5.74, 6) is 1.92. The van der Waals surface area contributed by atoms with Gasteiger partial charge >= 0.3 is 0 Å². The fraction of sp³-hybridized carbons (Fsp3) is 0.933. The third kappa shape index (κ3) is 4.67. The van der Waals surface area contributed by atoms with E-state index in [1.807, 2.05) is 0 Å². The molecular weight excluding hydrogens is 256 g/mol. The molecule has 2 N–H and O–H groups in total. The predicted molar refractivity (Wildman–Crippen MR) is 82.3 cm³/mol. The quantitative estimate of drug-likeness (QED) is 0.782. The fourth-order valence-corrected chi connectivity index (χ4v) is 3.52. The molecule has 0 unspecified atom stereocenters. The summed E-state index contributed by atoms with van der Waals surface area (Å²) in [7, 11) is 0. The number of amides is 1. The molecule has 2 aliphatic rings. The van der Waals surface area contributed by atoms with Crippen molar-refractivity contribution in [2.75, 3.05) is 18.6 Å². The Morgan fingerprint density at radius 2 is 1.95 bits per heavy atom. The molecule has 0 radical (unpaired) electrons. The molecule has 0 bridgehead atoms. The Morgan fingerprint density at radius 1 is 1.26 bits per heavy atom. The highest BCUT2D eigenvalue weighted by atomic mass is 32.2. The average Bonchev–Trinajstić information content (AvgIpc) is 3.27. The highest BCUT2D eigenvalue weighted by Crippen LogP contribution is 2.31. The van der Waals surface area contributed by atoms with Crippen molar-refractivity contribution in [3.63, 3.8) is 0 Å². The molecular formula is C15H28N2OS. The molecule has 0 heterocycles. The van der Waals surface area contributed by atoms with Gasteiger partial charge in [-0.3, -0.25) is 4.79 Å². The third-order valence-electron chi connectivity index (χ3n) is 4.40. The van der Waals surface area contributed by atoms with Crippen LogP contribution in [0.2, 0.25) is 0 Å². The minimum Gasteiger partial charge on any atom is -0.338 e. The lowest BCUT2D eigenvalue weighted by molar-refractivity contribution is -0.134. The van der Waals surface area contributed by atoms with Crippen LogP contribution in [0.4, 0.5) is 0 Å². The molecule has 0 spiro atoms. The lowest BCUT2D eigenvalue weighted by atomic mass is 9.88. The number of nitrogens with two attached hydrogens (primary N) is 1. The monoisotopic (exact) mass is 284 g/mol. The summed E-state index contributed by atoms with van der Waals surface area (Å²) in [6.45, 7) is 0.969. The highest BCUT2D eigenvalue weighted by molar-refractivity contribution is 7.98. The van der Waals surface area contributed by atoms with E-state index in [1.54, 1.807) is 11.8 Å². The van der Waals surface area contributed by atoms with Gasteiger partial charge in [0.15, 0.2) is 0 Å². The standard InChI is InChI=1S/C15H28N2OS/c1-19-10-9-14(16)15(18)17(13-7-8-13)11-12-5-3-2-4-6-12/h12-14H,2-11,16H2,1H3/t14-/m0/s1. The Hall–Kier alpha value is -0.220. The van der Waals surface area contributed by atoms with Crippen LogP contribution in [-0.4, -0.2) is 41.4 Å². The first-order chi connectivity index (χ1) is 9.22. The second-order valence-corrected chi connectivity index (χ2v) is 7.10. The molecule has 0 aliphatic heterocycles. The molecule has 1 amide bonds. The van der Waals surface area contributed by atoms with E-state index in [4.69, 9.17) is 5.73 Å². The van der Waals surface area contributed by atoms with Gasteiger partial charge in [0.25, 0.3) is 0 Å². The maximum atomic E-state index is 12.5. The molecule has 2 aliphatic carbocycles. The highest BCUT2D eigenvalue weighted by Gasteiger charge is 2.35. The zero-order valence-corrected chi connectivity index (χ0v) is 13.0. The van der Waals surface area contributed by atoms with Crippen molar-refractivity contribution in [2.24, 2.45) is 11.7 Å². The van der Waals surface area contributed by atoms with Gasteiger partial charge in [0.2, 0.25) is 5.91 Å². The van der Waals surface area contributed by atoms with E-state index in [1.165, 1.54) is 44.9 Å². The maximum absolute atomic E-state index is 12.5. The molecule has 0 saturated heterocycles. The minimum atomic E-state index is -0.281. The van der Waals surface area contributed by atoms with E-state index < -0.39 is 0 Å². The maximum Gasteiger partial charge on any atom is 0.239 e. The van der Waals surface area contributed by atoms with Gasteiger partial charge in [-0.15, -0.1) is 0 Å². The van der Waals surface area contributed by atoms with Crippen LogP contribution >= 0.6 is 11.8 Å². The lowest BCUT2D eigenvalue weighted by Crippen LogP contribution is -2.47. The summed E-state index contributed by atoms with van der Waals surface area (Å²) >= 11 is 1.77. The molecule has 0 aromatic heterocycles. The van der Waals surface area contributed by atoms with Gasteiger partial charge in [-0.25, -0.2) is 0 Å². The van der Waals surface area contributed by atoms with Gasteiger partial charge in [0.1, 0.15) is 0 Å². The van der Waals surface area contributed by atoms with Gasteiger partial charge in [0, 0.05) is 12.6 Å². The van der Waals surface area contributed by atoms with Crippen molar-refractivity contribution in [1.82, 2.24) is 4.90 Å². The lowest BCUT2D eigenvalue weighted by Gasteiger charge is -2.31. The topological polar surface area (TPSA) is 46.3 Å². The van der Waals surface area contributed by atoms with E-state index in [-0.39, 0.29) is 11.9 Å². The van der Waals surface area contributed by atoms with Crippen LogP contribution < -0.4 is 5.73 Å². The largest absolute Gasteiger partial charge is 0.338 e. The summed E-state index contributed by atoms with van der Waals surface area (Å²) in [5.41, 5.74) is 6.07. The second kappa shape index (κ2) is 7.53. The molecule has 4 heteroatoms. The Bertz CT molecular complexity index is 288. The summed E-state index contributed by atoms with van der Waals surface area (Å²) in [6, 6.07) is 0.228. The van der Waals surface area contributed by atoms with Crippen LogP contribution in [-0.2, 0) is 4.79 Å². The van der Waals surface area contributed by atoms with Gasteiger partial charge in [-0.2, -0.15) is 11.8 Å². The Morgan fingerprint density at radius 3 is 2.53 bits per heavy atom. The Labute approximate surface area is 121 Å². The van der Waals surface area contributed by atoms with Crippen LogP contribution in [0.15, 0.2) is 0 Å². The number of carbonyl (C=O) groups excluding carboxylic acids is 1. The van der Waals surface area contributed by atoms with Crippen LogP contribution in [0.5, 0.6) is 0 Å². The SMILES string of the molecule is CSCC[C@H](N)C(=O)N(CC1CCCCC1)C1CC1. The predicted octanol–water partition coefficient (Wildman–Crippen LogP) is 2.64. The number of hydrogen-bond acceptors (Lipinski definition) is 3. The Kier molecular flexibility index (Phi) is 6.02. The van der Waals surface area contributed by atoms with Crippen molar-refractivity contribution in [2.45, 2.75) is 63.5 Å². The normalized spacial score (nSPS) is 22.2. The number of thioether (sulfide) groups is 1. The van der Waals surface area contributed by atoms with E-state index in [0.29, 0.717) is 6.04 Å². The first-order valence-electron chi connectivity index (χ1n) is 7.77. The van der Waals surface area contributed by atoms with Crippen LogP contribution in [0.3, 0.4) is 0 Å². The molecule has 19 heavy (non-hydrogen) atoms. The summed E-state index contributed by atoms with van der Waals surface area (Å²) < 4.78 is 0. The van der Waals surface area contributed by atoms with Crippen molar-refractivity contribution >= 4 is 17.7 Å². The van der Waals surface area contributed by atoms with E-state index in [0.717, 1.165) is 24.6 Å². The molecule has 2 saturated carbocycles. The molecule has 0 aromatic carbocycles. The van der Waals surface area contributed by atoms with Crippen molar-refractivity contribution < 1.29 is 4.79 Å². The van der Waals surface area contributed by atoms with Gasteiger partial charge in [-0.05, 0) is 50.0 Å². The van der Waals surface area contributed by atoms with Crippen molar-refractivity contribution in [3.05, 3.63) is 0 Å². The van der Waals surface area contributed by atoms with E-state index in [9.17, 15) is 4.79 Å². The van der Waals surface area contributed by atoms with Crippen LogP contribution in [0, 0.1) is 5.92 Å². The Balaban J connectivity index is 1.85. The number of hydrogen-bond donors (Lipinski definition) is 1. The molecule has 110 valence electrons. The van der Waals surface area contributed by atoms with E-state index in [2.05, 4.69) is 11.2 Å². The minimum absolute atomic E-state index is 0.210. The summed E-state index contributed by atoms with van der Waals surface area (Å²) in [4.78, 5) is 14.6. The van der Waals surface area contributed by atoms with Gasteiger partial charge in [0.05, 0.1) is 6.04 Å². The molecule has 1 atom stereocenters. The van der Waals surface area contributed by atoms with Crippen LogP contribution in [0.1, 0.15) is 51.4 Å². The zero-order chi connectivity index (χ0) is 13.7. The smallest absolute Gasteiger partial charge is 0.239 e. The third-order valence-corrected chi connectivity index (χ3v) is 5.04.